The van der Waals surface area contributed by atoms with Gasteiger partial charge in [-0.15, -0.1) is 11.3 Å². The zero-order chi connectivity index (χ0) is 52.9. The minimum absolute atomic E-state index is 0.0262. The standard InChI is InChI=1S/C54H70ClN11O6S2/c1-34-16-15-17-40(55)47(34)63-51(71)42-31-57-53(74-42)61-43-29-44(60-36(3)59-43)64-24-26-65(27-25-64)46(69)19-14-12-10-8-7-9-11-13-18-45(68)62-49(54(4,5)6)52(72)66-32-39(67)28-41(66)50(70)56-30-37-20-22-38(23-21-37)48-35(2)58-33-73-48/h15-17,20-23,29,31,33,39,41,49,67H,7-14,18-19,24-28,30,32H2,1-6H3,(H,56,70)(H,62,68)(H,63,71)(H,57,59,60,61)/t39-,41+,49?/m1/s1. The molecule has 0 saturated carbocycles. The summed E-state index contributed by atoms with van der Waals surface area (Å²) in [6, 6.07) is 13.5. The van der Waals surface area contributed by atoms with Crippen molar-refractivity contribution in [2.45, 2.75) is 137 Å². The third-order valence-electron chi connectivity index (χ3n) is 13.5. The number of unbranched alkanes of at least 4 members (excludes halogenated alkanes) is 7. The smallest absolute Gasteiger partial charge is 0.267 e. The lowest BCUT2D eigenvalue weighted by Crippen LogP contribution is -2.57. The second-order valence-electron chi connectivity index (χ2n) is 20.3. The highest BCUT2D eigenvalue weighted by atomic mass is 35.5. The summed E-state index contributed by atoms with van der Waals surface area (Å²) in [5.74, 6) is 0.877. The SMILES string of the molecule is Cc1nc(Nc2ncc(C(=O)Nc3c(C)cccc3Cl)s2)cc(N2CCN(C(=O)CCCCCCCCCCC(=O)NC(C(=O)N3C[C@H](O)C[C@H]3C(=O)NCc3ccc(-c4scnc4C)cc3)C(C)(C)C)CC2)n1. The molecule has 17 nitrogen and oxygen atoms in total. The van der Waals surface area contributed by atoms with Crippen LogP contribution in [0.25, 0.3) is 10.4 Å². The molecule has 0 aliphatic carbocycles. The van der Waals surface area contributed by atoms with Crippen LogP contribution in [0, 0.1) is 26.2 Å². The Hall–Kier alpha value is -6.02. The first-order valence-corrected chi connectivity index (χ1v) is 27.7. The van der Waals surface area contributed by atoms with E-state index < -0.39 is 23.6 Å². The molecule has 2 aliphatic rings. The molecule has 2 saturated heterocycles. The first-order chi connectivity index (χ1) is 35.4. The molecule has 2 aliphatic heterocycles. The van der Waals surface area contributed by atoms with Crippen LogP contribution >= 0.6 is 34.3 Å². The fourth-order valence-electron chi connectivity index (χ4n) is 9.27. The summed E-state index contributed by atoms with van der Waals surface area (Å²) in [6.45, 7) is 14.2. The van der Waals surface area contributed by atoms with E-state index in [-0.39, 0.29) is 49.0 Å². The number of benzene rings is 2. The second kappa shape index (κ2) is 26.0. The Balaban J connectivity index is 0.748. The Morgan fingerprint density at radius 3 is 2.22 bits per heavy atom. The maximum absolute atomic E-state index is 14.0. The van der Waals surface area contributed by atoms with Crippen LogP contribution in [-0.2, 0) is 25.7 Å². The van der Waals surface area contributed by atoms with Crippen molar-refractivity contribution in [1.82, 2.24) is 40.4 Å². The summed E-state index contributed by atoms with van der Waals surface area (Å²) in [5.41, 5.74) is 5.57. The third-order valence-corrected chi connectivity index (χ3v) is 15.7. The number of carbonyl (C=O) groups excluding carboxylic acids is 5. The fourth-order valence-corrected chi connectivity index (χ4v) is 11.1. The molecule has 0 spiro atoms. The maximum atomic E-state index is 14.0. The summed E-state index contributed by atoms with van der Waals surface area (Å²) >= 11 is 9.09. The number of piperazine rings is 1. The number of rotatable bonds is 22. The number of aromatic nitrogens is 4. The molecule has 5 amide bonds. The molecule has 7 rings (SSSR count). The summed E-state index contributed by atoms with van der Waals surface area (Å²) in [5, 5.41) is 23.6. The average Bonchev–Trinajstić information content (AvgIpc) is 4.13. The van der Waals surface area contributed by atoms with Gasteiger partial charge >= 0.3 is 0 Å². The number of nitrogens with zero attached hydrogens (tertiary/aromatic N) is 7. The predicted octanol–water partition coefficient (Wildman–Crippen LogP) is 8.99. The van der Waals surface area contributed by atoms with Gasteiger partial charge < -0.3 is 41.1 Å². The Morgan fingerprint density at radius 2 is 1.55 bits per heavy atom. The number of carbonyl (C=O) groups is 5. The van der Waals surface area contributed by atoms with E-state index in [0.717, 1.165) is 78.0 Å². The van der Waals surface area contributed by atoms with Crippen molar-refractivity contribution in [3.63, 3.8) is 0 Å². The van der Waals surface area contributed by atoms with Crippen LogP contribution in [0.5, 0.6) is 0 Å². The van der Waals surface area contributed by atoms with Gasteiger partial charge in [0, 0.05) is 64.6 Å². The van der Waals surface area contributed by atoms with Crippen LogP contribution in [0.1, 0.15) is 124 Å². The number of aliphatic hydroxyl groups excluding tert-OH is 1. The van der Waals surface area contributed by atoms with Crippen LogP contribution in [-0.4, -0.2) is 115 Å². The first-order valence-electron chi connectivity index (χ1n) is 25.7. The number of likely N-dealkylation sites (tertiary alicyclic amines) is 1. The maximum Gasteiger partial charge on any atom is 0.267 e. The van der Waals surface area contributed by atoms with Crippen molar-refractivity contribution in [3.05, 3.63) is 92.8 Å². The number of aryl methyl sites for hydroxylation is 3. The van der Waals surface area contributed by atoms with Crippen LogP contribution in [0.4, 0.5) is 22.5 Å². The summed E-state index contributed by atoms with van der Waals surface area (Å²) in [6.07, 6.45) is 9.20. The van der Waals surface area contributed by atoms with E-state index >= 15 is 0 Å². The number of anilines is 4. The number of hydrogen-bond acceptors (Lipinski definition) is 14. The van der Waals surface area contributed by atoms with Crippen molar-refractivity contribution in [1.29, 1.82) is 0 Å². The van der Waals surface area contributed by atoms with E-state index in [0.29, 0.717) is 77.8 Å². The number of aliphatic hydroxyl groups is 1. The Morgan fingerprint density at radius 1 is 0.865 bits per heavy atom. The van der Waals surface area contributed by atoms with Gasteiger partial charge in [-0.25, -0.2) is 19.9 Å². The largest absolute Gasteiger partial charge is 0.391 e. The number of hydrogen-bond donors (Lipinski definition) is 5. The molecule has 396 valence electrons. The van der Waals surface area contributed by atoms with E-state index in [2.05, 4.69) is 46.1 Å². The van der Waals surface area contributed by atoms with Crippen LogP contribution in [0.15, 0.2) is 60.2 Å². The minimum atomic E-state index is -0.859. The van der Waals surface area contributed by atoms with Gasteiger partial charge in [0.15, 0.2) is 5.13 Å². The molecule has 2 aromatic carbocycles. The topological polar surface area (TPSA) is 215 Å². The third kappa shape index (κ3) is 15.3. The normalized spacial score (nSPS) is 16.2. The fraction of sp³-hybridized carbons (Fsp3) is 0.500. The lowest BCUT2D eigenvalue weighted by Gasteiger charge is -2.35. The Kier molecular flexibility index (Phi) is 19.5. The number of β-amino-alcohol motifs (C(OH)–C–C–N with tert-alkyl or cyclic N) is 1. The predicted molar refractivity (Wildman–Crippen MR) is 293 cm³/mol. The number of nitrogens with one attached hydrogen (secondary N) is 4. The highest BCUT2D eigenvalue weighted by Gasteiger charge is 2.44. The highest BCUT2D eigenvalue weighted by molar-refractivity contribution is 7.17. The van der Waals surface area contributed by atoms with E-state index in [9.17, 15) is 29.1 Å². The van der Waals surface area contributed by atoms with Crippen LogP contribution in [0.3, 0.4) is 0 Å². The zero-order valence-electron chi connectivity index (χ0n) is 43.3. The van der Waals surface area contributed by atoms with E-state index in [1.165, 1.54) is 22.4 Å². The molecule has 2 fully saturated rings. The summed E-state index contributed by atoms with van der Waals surface area (Å²) in [7, 11) is 0. The van der Waals surface area contributed by atoms with Crippen molar-refractivity contribution in [3.8, 4) is 10.4 Å². The molecule has 0 bridgehead atoms. The second-order valence-corrected chi connectivity index (χ2v) is 22.6. The molecule has 74 heavy (non-hydrogen) atoms. The molecule has 1 unspecified atom stereocenters. The van der Waals surface area contributed by atoms with Gasteiger partial charge in [0.25, 0.3) is 5.91 Å². The van der Waals surface area contributed by atoms with Crippen molar-refractivity contribution in [2.24, 2.45) is 5.41 Å². The first kappa shape index (κ1) is 55.7. The molecular formula is C54H70ClN11O6S2. The Labute approximate surface area is 447 Å². The van der Waals surface area contributed by atoms with Crippen molar-refractivity contribution in [2.75, 3.05) is 48.3 Å². The van der Waals surface area contributed by atoms with Gasteiger partial charge in [0.05, 0.1) is 39.1 Å². The van der Waals surface area contributed by atoms with Gasteiger partial charge in [0.2, 0.25) is 23.6 Å². The molecule has 3 atom stereocenters. The Bertz CT molecular complexity index is 2720. The zero-order valence-corrected chi connectivity index (χ0v) is 45.7. The lowest BCUT2D eigenvalue weighted by atomic mass is 9.85. The quantitative estimate of drug-likeness (QED) is 0.0411. The molecule has 3 aromatic heterocycles. The monoisotopic (exact) mass is 1070 g/mol. The number of para-hydroxylation sites is 1. The summed E-state index contributed by atoms with van der Waals surface area (Å²) in [4.78, 5) is 91.8. The molecule has 5 heterocycles. The van der Waals surface area contributed by atoms with E-state index in [4.69, 9.17) is 11.6 Å². The lowest BCUT2D eigenvalue weighted by molar-refractivity contribution is -0.144. The van der Waals surface area contributed by atoms with Gasteiger partial charge in [-0.1, -0.05) is 119 Å². The van der Waals surface area contributed by atoms with E-state index in [1.54, 1.807) is 17.4 Å². The molecule has 20 heteroatoms. The molecule has 5 aromatic rings. The number of halogens is 1. The minimum Gasteiger partial charge on any atom is -0.391 e. The van der Waals surface area contributed by atoms with Crippen LogP contribution in [0.2, 0.25) is 5.02 Å². The average molecular weight is 1070 g/mol. The highest BCUT2D eigenvalue weighted by Crippen LogP contribution is 2.31. The molecule has 0 radical (unpaired) electrons. The number of thiazole rings is 2. The van der Waals surface area contributed by atoms with Gasteiger partial charge in [-0.05, 0) is 61.8 Å². The van der Waals surface area contributed by atoms with E-state index in [1.807, 2.05) is 94.4 Å². The number of amides is 5. The summed E-state index contributed by atoms with van der Waals surface area (Å²) < 4.78 is 0. The molecular weight excluding hydrogens is 998 g/mol. The van der Waals surface area contributed by atoms with Gasteiger partial charge in [-0.2, -0.15) is 0 Å². The van der Waals surface area contributed by atoms with Crippen molar-refractivity contribution < 1.29 is 29.1 Å². The van der Waals surface area contributed by atoms with Crippen molar-refractivity contribution >= 4 is 86.3 Å². The molecule has 5 N–H and O–H groups in total. The van der Waals surface area contributed by atoms with Gasteiger partial charge in [0.1, 0.15) is 34.4 Å². The van der Waals surface area contributed by atoms with Crippen LogP contribution < -0.4 is 26.2 Å². The van der Waals surface area contributed by atoms with Gasteiger partial charge in [-0.3, -0.25) is 24.0 Å².